The molecule has 31 heavy (non-hydrogen) atoms. The third-order valence-corrected chi connectivity index (χ3v) is 5.66. The van der Waals surface area contributed by atoms with E-state index in [4.69, 9.17) is 14.4 Å². The second kappa shape index (κ2) is 9.47. The lowest BCUT2D eigenvalue weighted by Crippen LogP contribution is -1.97. The number of aliphatic imine (C=N–C) groups is 2. The number of nitrogens with zero attached hydrogens (tertiary/aromatic N) is 2. The average molecular weight is 415 g/mol. The number of para-hydroxylation sites is 2. The molecule has 2 aromatic carbocycles. The van der Waals surface area contributed by atoms with Gasteiger partial charge in [0.15, 0.2) is 0 Å². The zero-order valence-electron chi connectivity index (χ0n) is 20.1. The molecule has 3 aromatic rings. The van der Waals surface area contributed by atoms with Crippen molar-refractivity contribution < 1.29 is 4.42 Å². The van der Waals surface area contributed by atoms with Crippen molar-refractivity contribution >= 4 is 22.8 Å². The van der Waals surface area contributed by atoms with Gasteiger partial charge in [-0.1, -0.05) is 64.1 Å². The van der Waals surface area contributed by atoms with Crippen molar-refractivity contribution in [3.63, 3.8) is 0 Å². The van der Waals surface area contributed by atoms with Crippen LogP contribution in [0.2, 0.25) is 0 Å². The van der Waals surface area contributed by atoms with Gasteiger partial charge in [0.2, 0.25) is 0 Å². The Kier molecular flexibility index (Phi) is 6.94. The molecule has 0 saturated heterocycles. The lowest BCUT2D eigenvalue weighted by molar-refractivity contribution is 0.547. The van der Waals surface area contributed by atoms with Gasteiger partial charge in [0.25, 0.3) is 0 Å². The zero-order valence-corrected chi connectivity index (χ0v) is 20.1. The SMILES string of the molecule is CC(=Nc1c(C)cccc1C(C)C)c1ccc(C(C)=Nc2c(C)cccc2C(C)C)o1. The summed E-state index contributed by atoms with van der Waals surface area (Å²) in [6, 6.07) is 16.7. The summed E-state index contributed by atoms with van der Waals surface area (Å²) in [6.07, 6.45) is 0. The highest BCUT2D eigenvalue weighted by Crippen LogP contribution is 2.32. The van der Waals surface area contributed by atoms with Crippen LogP contribution in [0.3, 0.4) is 0 Å². The lowest BCUT2D eigenvalue weighted by atomic mass is 9.98. The van der Waals surface area contributed by atoms with E-state index in [0.29, 0.717) is 11.8 Å². The molecule has 3 nitrogen and oxygen atoms in total. The van der Waals surface area contributed by atoms with E-state index in [9.17, 15) is 0 Å². The summed E-state index contributed by atoms with van der Waals surface area (Å²) in [4.78, 5) is 9.88. The van der Waals surface area contributed by atoms with Crippen molar-refractivity contribution in [1.82, 2.24) is 0 Å². The fourth-order valence-corrected chi connectivity index (χ4v) is 3.77. The summed E-state index contributed by atoms with van der Waals surface area (Å²) in [5.74, 6) is 2.38. The molecule has 3 heteroatoms. The third-order valence-electron chi connectivity index (χ3n) is 5.66. The standard InChI is InChI=1S/C28H34N2O/c1-17(2)23-13-9-11-19(5)27(23)29-21(7)25-15-16-26(31-25)22(8)30-28-20(6)12-10-14-24(28)18(3)4/h9-18H,1-8H3. The van der Waals surface area contributed by atoms with Crippen LogP contribution < -0.4 is 0 Å². The van der Waals surface area contributed by atoms with Gasteiger partial charge in [0, 0.05) is 0 Å². The molecule has 0 radical (unpaired) electrons. The zero-order chi connectivity index (χ0) is 22.7. The maximum atomic E-state index is 6.17. The smallest absolute Gasteiger partial charge is 0.148 e. The highest BCUT2D eigenvalue weighted by atomic mass is 16.3. The summed E-state index contributed by atoms with van der Waals surface area (Å²) in [6.45, 7) is 17.0. The Hall–Kier alpha value is -2.94. The molecule has 3 rings (SSSR count). The minimum absolute atomic E-state index is 0.414. The molecule has 0 aliphatic rings. The highest BCUT2D eigenvalue weighted by Gasteiger charge is 2.13. The summed E-state index contributed by atoms with van der Waals surface area (Å²) < 4.78 is 6.17. The number of hydrogen-bond acceptors (Lipinski definition) is 3. The van der Waals surface area contributed by atoms with Gasteiger partial charge >= 0.3 is 0 Å². The molecule has 1 heterocycles. The van der Waals surface area contributed by atoms with Crippen molar-refractivity contribution in [1.29, 1.82) is 0 Å². The van der Waals surface area contributed by atoms with E-state index in [1.165, 1.54) is 22.3 Å². The highest BCUT2D eigenvalue weighted by molar-refractivity contribution is 6.02. The van der Waals surface area contributed by atoms with Crippen molar-refractivity contribution in [2.75, 3.05) is 0 Å². The number of benzene rings is 2. The minimum atomic E-state index is 0.414. The first-order valence-corrected chi connectivity index (χ1v) is 11.1. The summed E-state index contributed by atoms with van der Waals surface area (Å²) in [7, 11) is 0. The van der Waals surface area contributed by atoms with Crippen molar-refractivity contribution in [3.05, 3.63) is 82.3 Å². The quantitative estimate of drug-likeness (QED) is 0.373. The van der Waals surface area contributed by atoms with Gasteiger partial charge in [-0.3, -0.25) is 0 Å². The van der Waals surface area contributed by atoms with Gasteiger partial charge in [0.05, 0.1) is 22.8 Å². The van der Waals surface area contributed by atoms with Crippen LogP contribution >= 0.6 is 0 Å². The molecular formula is C28H34N2O. The summed E-state index contributed by atoms with van der Waals surface area (Å²) in [5.41, 5.74) is 8.68. The second-order valence-corrected chi connectivity index (χ2v) is 8.89. The molecule has 1 aromatic heterocycles. The first-order chi connectivity index (χ1) is 14.7. The van der Waals surface area contributed by atoms with Gasteiger partial charge in [-0.15, -0.1) is 0 Å². The van der Waals surface area contributed by atoms with E-state index in [1.807, 2.05) is 26.0 Å². The second-order valence-electron chi connectivity index (χ2n) is 8.89. The molecule has 0 saturated carbocycles. The maximum Gasteiger partial charge on any atom is 0.148 e. The Morgan fingerprint density at radius 1 is 0.645 bits per heavy atom. The molecule has 0 atom stereocenters. The van der Waals surface area contributed by atoms with Gasteiger partial charge in [-0.2, -0.15) is 0 Å². The van der Waals surface area contributed by atoms with Crippen LogP contribution in [0.15, 0.2) is 62.9 Å². The van der Waals surface area contributed by atoms with Crippen LogP contribution in [0, 0.1) is 13.8 Å². The van der Waals surface area contributed by atoms with E-state index in [2.05, 4.69) is 77.9 Å². The van der Waals surface area contributed by atoms with Crippen molar-refractivity contribution in [2.24, 2.45) is 9.98 Å². The first kappa shape index (κ1) is 22.7. The fraction of sp³-hybridized carbons (Fsp3) is 0.357. The normalized spacial score (nSPS) is 12.8. The molecule has 0 aliphatic heterocycles. The molecule has 0 spiro atoms. The Morgan fingerprint density at radius 3 is 1.39 bits per heavy atom. The summed E-state index contributed by atoms with van der Waals surface area (Å²) in [5, 5.41) is 0. The molecular weight excluding hydrogens is 380 g/mol. The molecule has 0 unspecified atom stereocenters. The fourth-order valence-electron chi connectivity index (χ4n) is 3.77. The average Bonchev–Trinajstić information content (AvgIpc) is 3.21. The van der Waals surface area contributed by atoms with Crippen LogP contribution in [0.4, 0.5) is 11.4 Å². The van der Waals surface area contributed by atoms with E-state index in [0.717, 1.165) is 34.3 Å². The Bertz CT molecular complexity index is 1040. The Labute approximate surface area is 187 Å². The Morgan fingerprint density at radius 2 is 1.03 bits per heavy atom. The van der Waals surface area contributed by atoms with Gasteiger partial charge in [-0.25, -0.2) is 9.98 Å². The molecule has 0 fully saturated rings. The van der Waals surface area contributed by atoms with Gasteiger partial charge in [-0.05, 0) is 73.9 Å². The van der Waals surface area contributed by atoms with E-state index in [1.54, 1.807) is 0 Å². The third kappa shape index (κ3) is 5.04. The van der Waals surface area contributed by atoms with Crippen LogP contribution in [0.1, 0.15) is 87.2 Å². The monoisotopic (exact) mass is 414 g/mol. The maximum absolute atomic E-state index is 6.17. The lowest BCUT2D eigenvalue weighted by Gasteiger charge is -2.12. The molecule has 0 aliphatic carbocycles. The Balaban J connectivity index is 1.96. The number of rotatable bonds is 6. The van der Waals surface area contributed by atoms with Crippen LogP contribution in [-0.4, -0.2) is 11.4 Å². The van der Waals surface area contributed by atoms with E-state index < -0.39 is 0 Å². The molecule has 162 valence electrons. The van der Waals surface area contributed by atoms with Crippen LogP contribution in [0.25, 0.3) is 0 Å². The van der Waals surface area contributed by atoms with E-state index in [-0.39, 0.29) is 0 Å². The van der Waals surface area contributed by atoms with Gasteiger partial charge in [0.1, 0.15) is 11.5 Å². The molecule has 0 bridgehead atoms. The largest absolute Gasteiger partial charge is 0.454 e. The van der Waals surface area contributed by atoms with Crippen molar-refractivity contribution in [3.8, 4) is 0 Å². The van der Waals surface area contributed by atoms with Crippen molar-refractivity contribution in [2.45, 2.75) is 67.2 Å². The number of aryl methyl sites for hydroxylation is 2. The molecule has 0 N–H and O–H groups in total. The molecule has 0 amide bonds. The predicted molar refractivity (Wildman–Crippen MR) is 133 cm³/mol. The van der Waals surface area contributed by atoms with Crippen LogP contribution in [0.5, 0.6) is 0 Å². The van der Waals surface area contributed by atoms with Crippen LogP contribution in [-0.2, 0) is 0 Å². The van der Waals surface area contributed by atoms with Gasteiger partial charge < -0.3 is 4.42 Å². The number of hydrogen-bond donors (Lipinski definition) is 0. The predicted octanol–water partition coefficient (Wildman–Crippen LogP) is 8.42. The van der Waals surface area contributed by atoms with E-state index >= 15 is 0 Å². The number of furan rings is 1. The summed E-state index contributed by atoms with van der Waals surface area (Å²) >= 11 is 0. The topological polar surface area (TPSA) is 37.9 Å². The minimum Gasteiger partial charge on any atom is -0.454 e. The first-order valence-electron chi connectivity index (χ1n) is 11.1.